The molecule has 1 fully saturated rings. The third-order valence-electron chi connectivity index (χ3n) is 4.34. The molecule has 0 radical (unpaired) electrons. The van der Waals surface area contributed by atoms with E-state index < -0.39 is 5.60 Å². The molecule has 1 aliphatic heterocycles. The maximum atomic E-state index is 12.3. The normalized spacial score (nSPS) is 15.1. The van der Waals surface area contributed by atoms with Crippen molar-refractivity contribution >= 4 is 23.4 Å². The first-order valence-corrected chi connectivity index (χ1v) is 9.69. The number of carbonyl (C=O) groups excluding carboxylic acids is 1. The highest BCUT2D eigenvalue weighted by molar-refractivity contribution is 6.32. The van der Waals surface area contributed by atoms with E-state index in [9.17, 15) is 4.79 Å². The molecule has 6 N–H and O–H groups in total. The van der Waals surface area contributed by atoms with E-state index in [1.54, 1.807) is 29.2 Å². The van der Waals surface area contributed by atoms with Crippen molar-refractivity contribution in [1.29, 1.82) is 0 Å². The van der Waals surface area contributed by atoms with Crippen molar-refractivity contribution in [2.24, 2.45) is 17.2 Å². The summed E-state index contributed by atoms with van der Waals surface area (Å²) >= 11 is 6.18. The zero-order valence-electron chi connectivity index (χ0n) is 17.4. The number of piperazine rings is 1. The van der Waals surface area contributed by atoms with Crippen molar-refractivity contribution < 1.29 is 14.3 Å². The number of benzene rings is 1. The molecule has 160 valence electrons. The fourth-order valence-electron chi connectivity index (χ4n) is 2.98. The molecule has 1 aliphatic rings. The Hall–Kier alpha value is -2.74. The molecule has 29 heavy (non-hydrogen) atoms. The largest absolute Gasteiger partial charge is 0.494 e. The number of nitrogens with two attached hydrogens (primary N) is 3. The maximum absolute atomic E-state index is 12.3. The van der Waals surface area contributed by atoms with Crippen molar-refractivity contribution in [3.8, 4) is 5.75 Å². The van der Waals surface area contributed by atoms with Crippen LogP contribution >= 0.6 is 11.6 Å². The number of methoxy groups -OCH3 is 1. The Morgan fingerprint density at radius 1 is 1.10 bits per heavy atom. The van der Waals surface area contributed by atoms with Crippen LogP contribution in [0.1, 0.15) is 26.3 Å². The molecule has 0 aliphatic carbocycles. The lowest BCUT2D eigenvalue weighted by molar-refractivity contribution is 0.0170. The van der Waals surface area contributed by atoms with Crippen LogP contribution < -0.4 is 21.9 Å². The average molecular weight is 424 g/mol. The number of para-hydroxylation sites is 1. The summed E-state index contributed by atoms with van der Waals surface area (Å²) < 4.78 is 10.8. The minimum absolute atomic E-state index is 0.139. The van der Waals surface area contributed by atoms with Gasteiger partial charge >= 0.3 is 6.09 Å². The monoisotopic (exact) mass is 423 g/mol. The quantitative estimate of drug-likeness (QED) is 0.635. The number of carbonyl (C=O) groups is 1. The molecule has 1 saturated heterocycles. The van der Waals surface area contributed by atoms with Gasteiger partial charge in [0.05, 0.1) is 17.8 Å². The molecule has 1 aromatic rings. The van der Waals surface area contributed by atoms with Gasteiger partial charge in [0.25, 0.3) is 0 Å². The summed E-state index contributed by atoms with van der Waals surface area (Å²) in [6.07, 6.45) is 1.37. The molecular formula is C20H30ClN5O3. The number of rotatable bonds is 4. The summed E-state index contributed by atoms with van der Waals surface area (Å²) in [6.45, 7) is 7.59. The Bertz CT molecular complexity index is 805. The lowest BCUT2D eigenvalue weighted by Gasteiger charge is -2.37. The van der Waals surface area contributed by atoms with Gasteiger partial charge in [0.2, 0.25) is 0 Å². The first-order valence-electron chi connectivity index (χ1n) is 9.31. The van der Waals surface area contributed by atoms with E-state index in [1.807, 2.05) is 25.7 Å². The van der Waals surface area contributed by atoms with Gasteiger partial charge in [-0.2, -0.15) is 0 Å². The van der Waals surface area contributed by atoms with Crippen LogP contribution in [0.15, 0.2) is 35.8 Å². The minimum atomic E-state index is -0.534. The summed E-state index contributed by atoms with van der Waals surface area (Å²) in [6, 6.07) is 5.32. The first-order chi connectivity index (χ1) is 13.5. The number of hydrogen-bond donors (Lipinski definition) is 3. The van der Waals surface area contributed by atoms with Crippen molar-refractivity contribution in [3.63, 3.8) is 0 Å². The number of hydrogen-bond acceptors (Lipinski definition) is 7. The first kappa shape index (κ1) is 22.5. The van der Waals surface area contributed by atoms with Gasteiger partial charge in [-0.05, 0) is 39.0 Å². The summed E-state index contributed by atoms with van der Waals surface area (Å²) in [7, 11) is 1.53. The molecule has 0 unspecified atom stereocenters. The van der Waals surface area contributed by atoms with Crippen LogP contribution in [0.25, 0.3) is 5.70 Å². The number of allylic oxidation sites excluding steroid dienone is 1. The van der Waals surface area contributed by atoms with Gasteiger partial charge in [0.15, 0.2) is 0 Å². The Kier molecular flexibility index (Phi) is 7.13. The van der Waals surface area contributed by atoms with Crippen LogP contribution in [-0.2, 0) is 4.74 Å². The van der Waals surface area contributed by atoms with Crippen LogP contribution in [0.3, 0.4) is 0 Å². The van der Waals surface area contributed by atoms with E-state index >= 15 is 0 Å². The van der Waals surface area contributed by atoms with E-state index in [4.69, 9.17) is 38.3 Å². The van der Waals surface area contributed by atoms with Crippen LogP contribution in [0.4, 0.5) is 4.79 Å². The number of halogens is 1. The van der Waals surface area contributed by atoms with Gasteiger partial charge in [0, 0.05) is 37.4 Å². The van der Waals surface area contributed by atoms with E-state index in [0.717, 1.165) is 0 Å². The molecule has 1 amide bonds. The highest BCUT2D eigenvalue weighted by atomic mass is 35.5. The van der Waals surface area contributed by atoms with E-state index in [-0.39, 0.29) is 11.9 Å². The fraction of sp³-hybridized carbons (Fsp3) is 0.450. The predicted molar refractivity (Wildman–Crippen MR) is 115 cm³/mol. The SMILES string of the molecule is COc1c(Cl)cccc1/C(N)=C/C(=C(N)N)N1CCN(C(=O)OC(C)(C)C)CC1. The van der Waals surface area contributed by atoms with E-state index in [0.29, 0.717) is 53.9 Å². The fourth-order valence-corrected chi connectivity index (χ4v) is 3.23. The lowest BCUT2D eigenvalue weighted by Crippen LogP contribution is -2.50. The Morgan fingerprint density at radius 3 is 2.21 bits per heavy atom. The molecule has 2 rings (SSSR count). The number of amides is 1. The zero-order chi connectivity index (χ0) is 21.8. The van der Waals surface area contributed by atoms with Crippen molar-refractivity contribution in [2.45, 2.75) is 26.4 Å². The predicted octanol–water partition coefficient (Wildman–Crippen LogP) is 2.29. The topological polar surface area (TPSA) is 120 Å². The second-order valence-electron chi connectivity index (χ2n) is 7.72. The third-order valence-corrected chi connectivity index (χ3v) is 4.64. The zero-order valence-corrected chi connectivity index (χ0v) is 18.1. The van der Waals surface area contributed by atoms with Gasteiger partial charge in [-0.15, -0.1) is 0 Å². The summed E-state index contributed by atoms with van der Waals surface area (Å²) in [4.78, 5) is 15.9. The molecule has 1 heterocycles. The smallest absolute Gasteiger partial charge is 0.410 e. The molecule has 0 aromatic heterocycles. The maximum Gasteiger partial charge on any atom is 0.410 e. The highest BCUT2D eigenvalue weighted by Gasteiger charge is 2.27. The van der Waals surface area contributed by atoms with Crippen LogP contribution in [-0.4, -0.2) is 54.8 Å². The van der Waals surface area contributed by atoms with E-state index in [2.05, 4.69) is 0 Å². The molecular weight excluding hydrogens is 394 g/mol. The minimum Gasteiger partial charge on any atom is -0.494 e. The lowest BCUT2D eigenvalue weighted by atomic mass is 10.1. The van der Waals surface area contributed by atoms with Crippen LogP contribution in [0.2, 0.25) is 5.02 Å². The van der Waals surface area contributed by atoms with Gasteiger partial charge in [-0.3, -0.25) is 0 Å². The second-order valence-corrected chi connectivity index (χ2v) is 8.12. The van der Waals surface area contributed by atoms with Gasteiger partial charge in [-0.1, -0.05) is 17.7 Å². The van der Waals surface area contributed by atoms with Crippen LogP contribution in [0.5, 0.6) is 5.75 Å². The summed E-state index contributed by atoms with van der Waals surface area (Å²) in [5.41, 5.74) is 19.3. The van der Waals surface area contributed by atoms with Crippen LogP contribution in [0, 0.1) is 0 Å². The second kappa shape index (κ2) is 9.17. The average Bonchev–Trinajstić information content (AvgIpc) is 2.64. The Balaban J connectivity index is 2.17. The van der Waals surface area contributed by atoms with Gasteiger partial charge in [0.1, 0.15) is 17.2 Å². The molecule has 0 saturated carbocycles. The van der Waals surface area contributed by atoms with Gasteiger partial charge < -0.3 is 36.5 Å². The van der Waals surface area contributed by atoms with Crippen molar-refractivity contribution in [3.05, 3.63) is 46.4 Å². The Labute approximate surface area is 176 Å². The standard InChI is InChI=1S/C20H30ClN5O3/c1-20(2,3)29-19(27)26-10-8-25(9-11-26)16(18(23)24)12-15(22)13-6-5-7-14(21)17(13)28-4/h5-7,12H,8-11,22-24H2,1-4H3/b15-12-. The molecule has 9 heteroatoms. The third kappa shape index (κ3) is 5.87. The highest BCUT2D eigenvalue weighted by Crippen LogP contribution is 2.32. The number of ether oxygens (including phenoxy) is 2. The molecule has 1 aromatic carbocycles. The molecule has 0 bridgehead atoms. The number of nitrogens with zero attached hydrogens (tertiary/aromatic N) is 2. The van der Waals surface area contributed by atoms with Crippen molar-refractivity contribution in [2.75, 3.05) is 33.3 Å². The van der Waals surface area contributed by atoms with Crippen molar-refractivity contribution in [1.82, 2.24) is 9.80 Å². The molecule has 0 atom stereocenters. The molecule has 0 spiro atoms. The molecule has 8 nitrogen and oxygen atoms in total. The van der Waals surface area contributed by atoms with Gasteiger partial charge in [-0.25, -0.2) is 4.79 Å². The van der Waals surface area contributed by atoms with E-state index in [1.165, 1.54) is 7.11 Å². The summed E-state index contributed by atoms with van der Waals surface area (Å²) in [5, 5.41) is 0.457. The Morgan fingerprint density at radius 2 is 1.69 bits per heavy atom. The summed E-state index contributed by atoms with van der Waals surface area (Å²) in [5.74, 6) is 0.618.